The van der Waals surface area contributed by atoms with E-state index < -0.39 is 0 Å². The molecule has 118 valence electrons. The monoisotopic (exact) mass is 293 g/mol. The first-order valence-electron chi connectivity index (χ1n) is 8.18. The maximum absolute atomic E-state index is 11.9. The van der Waals surface area contributed by atoms with Gasteiger partial charge in [0.1, 0.15) is 0 Å². The zero-order valence-electron chi connectivity index (χ0n) is 12.8. The van der Waals surface area contributed by atoms with Crippen LogP contribution >= 0.6 is 0 Å². The summed E-state index contributed by atoms with van der Waals surface area (Å²) in [7, 11) is 0. The Balaban J connectivity index is 1.63. The summed E-state index contributed by atoms with van der Waals surface area (Å²) < 4.78 is 1.71. The molecule has 6 heteroatoms. The van der Waals surface area contributed by atoms with E-state index in [1.807, 2.05) is 0 Å². The highest BCUT2D eigenvalue weighted by Crippen LogP contribution is 2.28. The van der Waals surface area contributed by atoms with Gasteiger partial charge in [-0.25, -0.2) is 0 Å². The van der Waals surface area contributed by atoms with E-state index >= 15 is 0 Å². The zero-order valence-corrected chi connectivity index (χ0v) is 12.8. The second-order valence-electron chi connectivity index (χ2n) is 5.91. The Morgan fingerprint density at radius 3 is 2.90 bits per heavy atom. The van der Waals surface area contributed by atoms with Crippen molar-refractivity contribution in [2.24, 2.45) is 11.7 Å². The normalized spacial score (nSPS) is 15.5. The van der Waals surface area contributed by atoms with E-state index in [0.717, 1.165) is 38.3 Å². The predicted octanol–water partition coefficient (Wildman–Crippen LogP) is 1.72. The SMILES string of the molecule is NCCCCn1cc(C(=O)NCCCC2CCCC2)nn1. The summed E-state index contributed by atoms with van der Waals surface area (Å²) in [6.45, 7) is 2.18. The largest absolute Gasteiger partial charge is 0.351 e. The van der Waals surface area contributed by atoms with Crippen LogP contribution in [-0.2, 0) is 6.54 Å². The Morgan fingerprint density at radius 1 is 1.33 bits per heavy atom. The Bertz CT molecular complexity index is 425. The van der Waals surface area contributed by atoms with Crippen molar-refractivity contribution < 1.29 is 4.79 Å². The number of hydrogen-bond donors (Lipinski definition) is 2. The van der Waals surface area contributed by atoms with Crippen LogP contribution in [0.5, 0.6) is 0 Å². The lowest BCUT2D eigenvalue weighted by Crippen LogP contribution is -2.25. The molecule has 1 aliphatic rings. The van der Waals surface area contributed by atoms with Crippen molar-refractivity contribution in [2.45, 2.75) is 57.9 Å². The van der Waals surface area contributed by atoms with Gasteiger partial charge in [0.15, 0.2) is 5.69 Å². The minimum absolute atomic E-state index is 0.119. The highest BCUT2D eigenvalue weighted by molar-refractivity contribution is 5.91. The van der Waals surface area contributed by atoms with Gasteiger partial charge >= 0.3 is 0 Å². The third-order valence-electron chi connectivity index (χ3n) is 4.16. The van der Waals surface area contributed by atoms with Crippen LogP contribution in [-0.4, -0.2) is 34.0 Å². The van der Waals surface area contributed by atoms with Crippen molar-refractivity contribution in [1.82, 2.24) is 20.3 Å². The molecule has 1 fully saturated rings. The van der Waals surface area contributed by atoms with E-state index in [4.69, 9.17) is 5.73 Å². The van der Waals surface area contributed by atoms with Crippen molar-refractivity contribution in [3.05, 3.63) is 11.9 Å². The molecule has 21 heavy (non-hydrogen) atoms. The Hall–Kier alpha value is -1.43. The molecule has 0 radical (unpaired) electrons. The molecule has 1 aliphatic carbocycles. The number of unbranched alkanes of at least 4 members (excludes halogenated alkanes) is 1. The number of rotatable bonds is 9. The first kappa shape index (κ1) is 15.9. The fraction of sp³-hybridized carbons (Fsp3) is 0.800. The first-order chi connectivity index (χ1) is 10.3. The number of nitrogens with zero attached hydrogens (tertiary/aromatic N) is 3. The number of aromatic nitrogens is 3. The topological polar surface area (TPSA) is 85.8 Å². The number of nitrogens with one attached hydrogen (secondary N) is 1. The molecule has 0 saturated heterocycles. The van der Waals surface area contributed by atoms with E-state index in [9.17, 15) is 4.79 Å². The molecule has 6 nitrogen and oxygen atoms in total. The first-order valence-corrected chi connectivity index (χ1v) is 8.18. The lowest BCUT2D eigenvalue weighted by atomic mass is 10.0. The Kier molecular flexibility index (Phi) is 6.66. The van der Waals surface area contributed by atoms with Gasteiger partial charge in [-0.15, -0.1) is 5.10 Å². The average molecular weight is 293 g/mol. The van der Waals surface area contributed by atoms with E-state index in [1.165, 1.54) is 32.1 Å². The summed E-state index contributed by atoms with van der Waals surface area (Å²) in [6, 6.07) is 0. The van der Waals surface area contributed by atoms with Crippen molar-refractivity contribution in [3.63, 3.8) is 0 Å². The van der Waals surface area contributed by atoms with Gasteiger partial charge in [-0.1, -0.05) is 30.9 Å². The van der Waals surface area contributed by atoms with Gasteiger partial charge in [0, 0.05) is 13.1 Å². The summed E-state index contributed by atoms with van der Waals surface area (Å²) in [6.07, 6.45) is 11.4. The lowest BCUT2D eigenvalue weighted by Gasteiger charge is -2.08. The maximum atomic E-state index is 11.9. The van der Waals surface area contributed by atoms with Crippen LogP contribution in [0.4, 0.5) is 0 Å². The zero-order chi connectivity index (χ0) is 14.9. The molecule has 1 saturated carbocycles. The quantitative estimate of drug-likeness (QED) is 0.679. The molecule has 0 atom stereocenters. The predicted molar refractivity (Wildman–Crippen MR) is 81.8 cm³/mol. The smallest absolute Gasteiger partial charge is 0.273 e. The van der Waals surface area contributed by atoms with Gasteiger partial charge < -0.3 is 11.1 Å². The Morgan fingerprint density at radius 2 is 2.14 bits per heavy atom. The number of nitrogens with two attached hydrogens (primary N) is 1. The molecule has 2 rings (SSSR count). The van der Waals surface area contributed by atoms with Crippen molar-refractivity contribution in [3.8, 4) is 0 Å². The molecule has 0 aliphatic heterocycles. The summed E-state index contributed by atoms with van der Waals surface area (Å²) in [5, 5.41) is 10.8. The highest BCUT2D eigenvalue weighted by Gasteiger charge is 2.15. The number of carbonyl (C=O) groups is 1. The van der Waals surface area contributed by atoms with Crippen molar-refractivity contribution >= 4 is 5.91 Å². The third kappa shape index (κ3) is 5.46. The molecule has 0 bridgehead atoms. The van der Waals surface area contributed by atoms with Gasteiger partial charge in [-0.2, -0.15) is 0 Å². The van der Waals surface area contributed by atoms with Crippen LogP contribution in [0, 0.1) is 5.92 Å². The van der Waals surface area contributed by atoms with Crippen molar-refractivity contribution in [2.75, 3.05) is 13.1 Å². The van der Waals surface area contributed by atoms with Gasteiger partial charge in [-0.3, -0.25) is 9.48 Å². The van der Waals surface area contributed by atoms with E-state index in [0.29, 0.717) is 12.2 Å². The minimum atomic E-state index is -0.119. The van der Waals surface area contributed by atoms with Crippen LogP contribution in [0.15, 0.2) is 6.20 Å². The molecule has 1 heterocycles. The summed E-state index contributed by atoms with van der Waals surface area (Å²) in [4.78, 5) is 11.9. The van der Waals surface area contributed by atoms with Crippen LogP contribution in [0.1, 0.15) is 61.9 Å². The van der Waals surface area contributed by atoms with E-state index in [-0.39, 0.29) is 5.91 Å². The molecule has 0 aromatic carbocycles. The second-order valence-corrected chi connectivity index (χ2v) is 5.91. The maximum Gasteiger partial charge on any atom is 0.273 e. The molecule has 1 aromatic rings. The summed E-state index contributed by atoms with van der Waals surface area (Å²) in [5.41, 5.74) is 5.86. The number of amides is 1. The summed E-state index contributed by atoms with van der Waals surface area (Å²) >= 11 is 0. The molecule has 3 N–H and O–H groups in total. The number of hydrogen-bond acceptors (Lipinski definition) is 4. The van der Waals surface area contributed by atoms with Crippen molar-refractivity contribution in [1.29, 1.82) is 0 Å². The average Bonchev–Trinajstić information content (AvgIpc) is 3.15. The van der Waals surface area contributed by atoms with E-state index in [1.54, 1.807) is 10.9 Å². The van der Waals surface area contributed by atoms with Crippen LogP contribution < -0.4 is 11.1 Å². The molecular weight excluding hydrogens is 266 g/mol. The fourth-order valence-corrected chi connectivity index (χ4v) is 2.91. The third-order valence-corrected chi connectivity index (χ3v) is 4.16. The highest BCUT2D eigenvalue weighted by atomic mass is 16.2. The molecule has 1 aromatic heterocycles. The van der Waals surface area contributed by atoms with Crippen LogP contribution in [0.3, 0.4) is 0 Å². The van der Waals surface area contributed by atoms with Crippen LogP contribution in [0.25, 0.3) is 0 Å². The fourth-order valence-electron chi connectivity index (χ4n) is 2.91. The number of carbonyl (C=O) groups excluding carboxylic acids is 1. The Labute approximate surface area is 126 Å². The van der Waals surface area contributed by atoms with E-state index in [2.05, 4.69) is 15.6 Å². The van der Waals surface area contributed by atoms with Gasteiger partial charge in [0.2, 0.25) is 0 Å². The minimum Gasteiger partial charge on any atom is -0.351 e. The molecule has 0 spiro atoms. The molecule has 1 amide bonds. The standard InChI is InChI=1S/C15H27N5O/c16-9-3-4-11-20-12-14(18-19-20)15(21)17-10-5-8-13-6-1-2-7-13/h12-13H,1-11,16H2,(H,17,21). The molecular formula is C15H27N5O. The summed E-state index contributed by atoms with van der Waals surface area (Å²) in [5.74, 6) is 0.761. The van der Waals surface area contributed by atoms with Gasteiger partial charge in [0.25, 0.3) is 5.91 Å². The number of aryl methyl sites for hydroxylation is 1. The molecule has 0 unspecified atom stereocenters. The van der Waals surface area contributed by atoms with Crippen LogP contribution in [0.2, 0.25) is 0 Å². The second kappa shape index (κ2) is 8.77. The lowest BCUT2D eigenvalue weighted by molar-refractivity contribution is 0.0947. The van der Waals surface area contributed by atoms with Gasteiger partial charge in [-0.05, 0) is 38.1 Å². The van der Waals surface area contributed by atoms with Gasteiger partial charge in [0.05, 0.1) is 6.20 Å².